The average molecular weight is 788 g/mol. The Hall–Kier alpha value is -5.35. The van der Waals surface area contributed by atoms with Gasteiger partial charge in [-0.3, -0.25) is 24.6 Å². The fourth-order valence-corrected chi connectivity index (χ4v) is 7.74. The summed E-state index contributed by atoms with van der Waals surface area (Å²) in [5.74, 6) is -2.60. The van der Waals surface area contributed by atoms with Crippen LogP contribution in [0.5, 0.6) is 0 Å². The molecule has 0 aromatic heterocycles. The van der Waals surface area contributed by atoms with E-state index in [1.54, 1.807) is 12.1 Å². The van der Waals surface area contributed by atoms with Crippen molar-refractivity contribution < 1.29 is 42.3 Å². The molecule has 2 N–H and O–H groups in total. The molecule has 12 nitrogen and oxygen atoms in total. The molecule has 4 aromatic rings. The first-order valence-electron chi connectivity index (χ1n) is 19.0. The second-order valence-electron chi connectivity index (χ2n) is 14.6. The molecule has 0 unspecified atom stereocenters. The Morgan fingerprint density at radius 3 is 2.21 bits per heavy atom. The molecule has 4 atom stereocenters. The number of halogens is 3. The van der Waals surface area contributed by atoms with Crippen molar-refractivity contribution in [2.75, 3.05) is 44.2 Å². The number of hydrogen-bond acceptors (Lipinski definition) is 9. The van der Waals surface area contributed by atoms with Gasteiger partial charge in [-0.15, -0.1) is 0 Å². The van der Waals surface area contributed by atoms with Gasteiger partial charge in [-0.25, -0.2) is 0 Å². The van der Waals surface area contributed by atoms with E-state index in [1.165, 1.54) is 12.1 Å². The molecule has 4 aromatic carbocycles. The lowest BCUT2D eigenvalue weighted by Gasteiger charge is -2.41. The largest absolute Gasteiger partial charge is 0.471 e. The van der Waals surface area contributed by atoms with Gasteiger partial charge < -0.3 is 29.7 Å². The van der Waals surface area contributed by atoms with E-state index in [-0.39, 0.29) is 44.0 Å². The van der Waals surface area contributed by atoms with E-state index < -0.39 is 35.2 Å². The number of nitrogens with zero attached hydrogens (tertiary/aromatic N) is 4. The van der Waals surface area contributed by atoms with Crippen LogP contribution in [0.1, 0.15) is 53.9 Å². The number of aliphatic hydroxyl groups excluding tert-OH is 1. The molecule has 7 rings (SSSR count). The third-order valence-corrected chi connectivity index (χ3v) is 10.8. The number of anilines is 1. The van der Waals surface area contributed by atoms with E-state index in [2.05, 4.69) is 15.1 Å². The lowest BCUT2D eigenvalue weighted by atomic mass is 9.98. The van der Waals surface area contributed by atoms with Crippen LogP contribution in [0, 0.1) is 10.1 Å². The van der Waals surface area contributed by atoms with Gasteiger partial charge in [0.05, 0.1) is 23.7 Å². The maximum atomic E-state index is 13.1. The average Bonchev–Trinajstić information content (AvgIpc) is 3.73. The number of alkyl halides is 3. The molecule has 57 heavy (non-hydrogen) atoms. The number of hydrogen-bond donors (Lipinski definition) is 2. The predicted molar refractivity (Wildman–Crippen MR) is 205 cm³/mol. The van der Waals surface area contributed by atoms with E-state index in [1.807, 2.05) is 72.8 Å². The van der Waals surface area contributed by atoms with E-state index in [4.69, 9.17) is 9.47 Å². The van der Waals surface area contributed by atoms with Crippen molar-refractivity contribution in [2.45, 2.75) is 63.1 Å². The fraction of sp³-hybridized carbons (Fsp3) is 0.381. The summed E-state index contributed by atoms with van der Waals surface area (Å²) in [4.78, 5) is 40.6. The predicted octanol–water partition coefficient (Wildman–Crippen LogP) is 6.29. The number of aliphatic hydroxyl groups is 1. The third-order valence-electron chi connectivity index (χ3n) is 10.8. The van der Waals surface area contributed by atoms with Gasteiger partial charge in [0.15, 0.2) is 6.29 Å². The van der Waals surface area contributed by atoms with Crippen LogP contribution in [0.15, 0.2) is 97.1 Å². The number of nitro benzene ring substituents is 1. The molecular weight excluding hydrogens is 743 g/mol. The summed E-state index contributed by atoms with van der Waals surface area (Å²) in [5.41, 5.74) is 6.18. The number of amides is 2. The maximum Gasteiger partial charge on any atom is 0.471 e. The van der Waals surface area contributed by atoms with E-state index in [0.29, 0.717) is 24.3 Å². The normalized spacial score (nSPS) is 21.7. The van der Waals surface area contributed by atoms with Crippen molar-refractivity contribution in [3.8, 4) is 11.1 Å². The van der Waals surface area contributed by atoms with Crippen molar-refractivity contribution in [1.29, 1.82) is 0 Å². The highest BCUT2D eigenvalue weighted by Crippen LogP contribution is 2.39. The zero-order chi connectivity index (χ0) is 40.1. The van der Waals surface area contributed by atoms with Crippen molar-refractivity contribution in [3.63, 3.8) is 0 Å². The second kappa shape index (κ2) is 17.4. The minimum absolute atomic E-state index is 0.0529. The van der Waals surface area contributed by atoms with E-state index in [9.17, 15) is 38.0 Å². The highest BCUT2D eigenvalue weighted by molar-refractivity contribution is 5.90. The molecule has 0 radical (unpaired) electrons. The minimum atomic E-state index is -5.03. The van der Waals surface area contributed by atoms with Gasteiger partial charge >= 0.3 is 12.1 Å². The Labute approximate surface area is 327 Å². The Morgan fingerprint density at radius 1 is 0.842 bits per heavy atom. The quantitative estimate of drug-likeness (QED) is 0.133. The number of nitro groups is 1. The summed E-state index contributed by atoms with van der Waals surface area (Å²) in [6.45, 7) is 3.76. The highest BCUT2D eigenvalue weighted by Gasteiger charge is 2.47. The second-order valence-corrected chi connectivity index (χ2v) is 14.6. The monoisotopic (exact) mass is 787 g/mol. The lowest BCUT2D eigenvalue weighted by Crippen LogP contribution is -2.50. The van der Waals surface area contributed by atoms with Crippen molar-refractivity contribution in [2.24, 2.45) is 0 Å². The van der Waals surface area contributed by atoms with Gasteiger partial charge in [-0.05, 0) is 58.9 Å². The SMILES string of the molecule is O=C(NCc1cccc(-c2ccc([C@H]3O[C@@H](CN4CCN(c5ccc([N+](=O)[O-])cc5)CC4)C[C@@H](c4ccc(CO)cc4)O3)cc2)c1)[C@@H]1CCCN1C(=O)C(F)(F)F. The summed E-state index contributed by atoms with van der Waals surface area (Å²) in [5, 5.41) is 23.4. The van der Waals surface area contributed by atoms with Gasteiger partial charge in [0, 0.05) is 75.6 Å². The Bertz CT molecular complexity index is 2020. The number of piperazine rings is 1. The first kappa shape index (κ1) is 39.9. The van der Waals surface area contributed by atoms with Crippen molar-refractivity contribution in [3.05, 3.63) is 129 Å². The number of benzene rings is 4. The lowest BCUT2D eigenvalue weighted by molar-refractivity contribution is -0.384. The van der Waals surface area contributed by atoms with Crippen LogP contribution in [-0.4, -0.2) is 89.2 Å². The van der Waals surface area contributed by atoms with Crippen LogP contribution in [0.2, 0.25) is 0 Å². The Balaban J connectivity index is 0.998. The topological polar surface area (TPSA) is 138 Å². The van der Waals surface area contributed by atoms with E-state index >= 15 is 0 Å². The van der Waals surface area contributed by atoms with Crippen LogP contribution in [0.3, 0.4) is 0 Å². The third kappa shape index (κ3) is 9.62. The number of carbonyl (C=O) groups excluding carboxylic acids is 2. The first-order chi connectivity index (χ1) is 27.4. The Kier molecular flexibility index (Phi) is 12.2. The van der Waals surface area contributed by atoms with Crippen LogP contribution < -0.4 is 10.2 Å². The smallest absolute Gasteiger partial charge is 0.392 e. The van der Waals surface area contributed by atoms with Crippen molar-refractivity contribution in [1.82, 2.24) is 15.1 Å². The summed E-state index contributed by atoms with van der Waals surface area (Å²) in [6, 6.07) is 28.5. The van der Waals surface area contributed by atoms with Gasteiger partial charge in [-0.1, -0.05) is 66.7 Å². The zero-order valence-electron chi connectivity index (χ0n) is 31.1. The number of likely N-dealkylation sites (tertiary alicyclic amines) is 1. The molecular formula is C42H44F3N5O7. The van der Waals surface area contributed by atoms with Crippen LogP contribution in [0.4, 0.5) is 24.5 Å². The molecule has 3 heterocycles. The standard InChI is InChI=1S/C42H44F3N5O7/c43-42(44,45)41(53)49-18-2-5-37(49)39(52)46-25-29-3-1-4-33(23-29)30-10-12-32(13-11-30)40-56-36(24-38(57-40)31-8-6-28(27-51)7-9-31)26-47-19-21-48(22-20-47)34-14-16-35(17-15-34)50(54)55/h1,3-4,6-17,23,36-38,40,51H,2,5,18-22,24-27H2,(H,46,52)/t36-,37+,38+,40+/m1/s1. The number of nitrogens with one attached hydrogen (secondary N) is 1. The summed E-state index contributed by atoms with van der Waals surface area (Å²) >= 11 is 0. The molecule has 3 fully saturated rings. The van der Waals surface area contributed by atoms with Crippen molar-refractivity contribution >= 4 is 23.2 Å². The molecule has 0 spiro atoms. The number of rotatable bonds is 11. The van der Waals surface area contributed by atoms with Crippen LogP contribution in [0.25, 0.3) is 11.1 Å². The molecule has 0 aliphatic carbocycles. The van der Waals surface area contributed by atoms with Gasteiger partial charge in [-0.2, -0.15) is 13.2 Å². The number of carbonyl (C=O) groups is 2. The summed E-state index contributed by atoms with van der Waals surface area (Å²) in [7, 11) is 0. The molecule has 3 saturated heterocycles. The molecule has 2 amide bonds. The number of ether oxygens (including phenoxy) is 2. The van der Waals surface area contributed by atoms with Crippen LogP contribution in [-0.2, 0) is 32.2 Å². The zero-order valence-corrected chi connectivity index (χ0v) is 31.1. The number of non-ortho nitro benzene ring substituents is 1. The Morgan fingerprint density at radius 2 is 1.54 bits per heavy atom. The summed E-state index contributed by atoms with van der Waals surface area (Å²) in [6.07, 6.45) is -4.94. The van der Waals surface area contributed by atoms with Gasteiger partial charge in [0.2, 0.25) is 5.91 Å². The van der Waals surface area contributed by atoms with Gasteiger partial charge in [0.1, 0.15) is 6.04 Å². The molecule has 3 aliphatic rings. The fourth-order valence-electron chi connectivity index (χ4n) is 7.74. The van der Waals surface area contributed by atoms with Gasteiger partial charge in [0.25, 0.3) is 5.69 Å². The maximum absolute atomic E-state index is 13.1. The summed E-state index contributed by atoms with van der Waals surface area (Å²) < 4.78 is 52.4. The molecule has 0 saturated carbocycles. The molecule has 300 valence electrons. The van der Waals surface area contributed by atoms with E-state index in [0.717, 1.165) is 65.2 Å². The highest BCUT2D eigenvalue weighted by atomic mass is 19.4. The molecule has 15 heteroatoms. The van der Waals surface area contributed by atoms with Crippen LogP contribution >= 0.6 is 0 Å². The molecule has 0 bridgehead atoms. The molecule has 3 aliphatic heterocycles. The first-order valence-corrected chi connectivity index (χ1v) is 19.0. The minimum Gasteiger partial charge on any atom is -0.392 e.